The van der Waals surface area contributed by atoms with Crippen LogP contribution in [0.3, 0.4) is 0 Å². The molecule has 0 radical (unpaired) electrons. The van der Waals surface area contributed by atoms with Gasteiger partial charge in [0.15, 0.2) is 12.0 Å². The first-order valence-electron chi connectivity index (χ1n) is 6.79. The summed E-state index contributed by atoms with van der Waals surface area (Å²) in [5.41, 5.74) is 4.93. The Bertz CT molecular complexity index is 620. The minimum Gasteiger partial charge on any atom is -0.468 e. The van der Waals surface area contributed by atoms with E-state index in [2.05, 4.69) is 10.3 Å². The lowest BCUT2D eigenvalue weighted by molar-refractivity contribution is -0.221. The van der Waals surface area contributed by atoms with Gasteiger partial charge in [0.05, 0.1) is 13.7 Å². The van der Waals surface area contributed by atoms with Gasteiger partial charge in [0.2, 0.25) is 0 Å². The number of aliphatic hydroxyl groups excluding tert-OH is 4. The van der Waals surface area contributed by atoms with Crippen LogP contribution >= 0.6 is 0 Å². The molecule has 7 N–H and O–H groups in total. The molecule has 0 amide bonds. The highest BCUT2D eigenvalue weighted by Gasteiger charge is 2.43. The summed E-state index contributed by atoms with van der Waals surface area (Å²) >= 11 is 0. The number of nitrogens with two attached hydrogens (primary N) is 1. The number of rotatable bonds is 4. The summed E-state index contributed by atoms with van der Waals surface area (Å²) in [6, 6.07) is -0.00754. The number of aliphatic hydroxyl groups is 4. The Labute approximate surface area is 130 Å². The van der Waals surface area contributed by atoms with Crippen LogP contribution in [-0.4, -0.2) is 74.3 Å². The van der Waals surface area contributed by atoms with Crippen molar-refractivity contribution in [3.05, 3.63) is 10.4 Å². The van der Waals surface area contributed by atoms with Crippen molar-refractivity contribution < 1.29 is 29.9 Å². The zero-order chi connectivity index (χ0) is 17.3. The molecule has 11 heteroatoms. The second-order valence-electron chi connectivity index (χ2n) is 5.12. The van der Waals surface area contributed by atoms with Crippen LogP contribution in [0, 0.1) is 0 Å². The summed E-state index contributed by atoms with van der Waals surface area (Å²) < 4.78 is 11.2. The summed E-state index contributed by atoms with van der Waals surface area (Å²) in [6.07, 6.45) is -7.02. The highest BCUT2D eigenvalue weighted by molar-refractivity contribution is 5.61. The molecule has 1 aliphatic heterocycles. The van der Waals surface area contributed by atoms with Crippen LogP contribution in [0.4, 0.5) is 11.5 Å². The van der Waals surface area contributed by atoms with Crippen molar-refractivity contribution in [2.45, 2.75) is 30.6 Å². The van der Waals surface area contributed by atoms with Crippen LogP contribution in [0.15, 0.2) is 4.79 Å². The number of nitrogens with one attached hydrogen (secondary N) is 1. The van der Waals surface area contributed by atoms with E-state index in [1.54, 1.807) is 0 Å². The molecular formula is C12H20N4O7. The normalized spacial score (nSPS) is 31.0. The Balaban J connectivity index is 2.32. The number of hydrogen-bond acceptors (Lipinski definition) is 10. The fraction of sp³-hybridized carbons (Fsp3) is 0.667. The van der Waals surface area contributed by atoms with Gasteiger partial charge in [0.1, 0.15) is 30.1 Å². The summed E-state index contributed by atoms with van der Waals surface area (Å²) in [5, 5.41) is 41.1. The second kappa shape index (κ2) is 6.68. The SMILES string of the molecule is COc1nc(N)c(NC2O[C@H](CO)[C@@H](O)[C@H](O)[C@H]2O)c(=O)n1C. The standard InChI is InChI=1S/C12H20N4O7/c1-16-11(21)5(9(13)15-12(16)22-2)14-10-8(20)7(19)6(18)4(3-17)23-10/h4,6-8,10,14,17-20H,3,13H2,1-2H3/t4-,6-,7+,8-,10?/m1/s1. The molecule has 0 bridgehead atoms. The lowest BCUT2D eigenvalue weighted by Crippen LogP contribution is -2.60. The minimum atomic E-state index is -1.57. The Morgan fingerprint density at radius 1 is 1.35 bits per heavy atom. The van der Waals surface area contributed by atoms with E-state index in [-0.39, 0.29) is 17.5 Å². The van der Waals surface area contributed by atoms with Crippen LogP contribution in [0.5, 0.6) is 6.01 Å². The Morgan fingerprint density at radius 3 is 2.57 bits per heavy atom. The number of ether oxygens (including phenoxy) is 2. The maximum Gasteiger partial charge on any atom is 0.300 e. The Kier molecular flexibility index (Phi) is 5.06. The van der Waals surface area contributed by atoms with E-state index in [1.807, 2.05) is 0 Å². The van der Waals surface area contributed by atoms with Gasteiger partial charge in [-0.3, -0.25) is 9.36 Å². The first-order chi connectivity index (χ1) is 10.8. The number of aromatic nitrogens is 2. The third-order valence-corrected chi connectivity index (χ3v) is 3.64. The zero-order valence-corrected chi connectivity index (χ0v) is 12.6. The van der Waals surface area contributed by atoms with Gasteiger partial charge in [-0.15, -0.1) is 0 Å². The highest BCUT2D eigenvalue weighted by atomic mass is 16.6. The molecule has 1 aliphatic rings. The molecule has 1 fully saturated rings. The molecule has 1 unspecified atom stereocenters. The molecule has 11 nitrogen and oxygen atoms in total. The molecule has 0 saturated carbocycles. The molecular weight excluding hydrogens is 312 g/mol. The summed E-state index contributed by atoms with van der Waals surface area (Å²) in [5.74, 6) is -0.193. The number of nitrogen functional groups attached to an aromatic ring is 1. The van der Waals surface area contributed by atoms with Crippen molar-refractivity contribution in [3.63, 3.8) is 0 Å². The molecule has 0 aliphatic carbocycles. The van der Waals surface area contributed by atoms with Crippen molar-refractivity contribution in [1.29, 1.82) is 0 Å². The quantitative estimate of drug-likeness (QED) is 0.326. The monoisotopic (exact) mass is 332 g/mol. The maximum absolute atomic E-state index is 12.2. The van der Waals surface area contributed by atoms with Gasteiger partial charge in [0.25, 0.3) is 5.56 Å². The number of nitrogens with zero attached hydrogens (tertiary/aromatic N) is 2. The largest absolute Gasteiger partial charge is 0.468 e. The molecule has 1 aromatic rings. The lowest BCUT2D eigenvalue weighted by Gasteiger charge is -2.40. The van der Waals surface area contributed by atoms with Crippen LogP contribution in [0.25, 0.3) is 0 Å². The van der Waals surface area contributed by atoms with Crippen LogP contribution in [-0.2, 0) is 11.8 Å². The van der Waals surface area contributed by atoms with Crippen LogP contribution in [0.2, 0.25) is 0 Å². The molecule has 130 valence electrons. The van der Waals surface area contributed by atoms with Gasteiger partial charge in [-0.25, -0.2) is 0 Å². The van der Waals surface area contributed by atoms with E-state index in [0.29, 0.717) is 0 Å². The van der Waals surface area contributed by atoms with Crippen LogP contribution in [0.1, 0.15) is 0 Å². The zero-order valence-electron chi connectivity index (χ0n) is 12.6. The van der Waals surface area contributed by atoms with Gasteiger partial charge in [-0.2, -0.15) is 4.98 Å². The predicted molar refractivity (Wildman–Crippen MR) is 77.8 cm³/mol. The topological polar surface area (TPSA) is 172 Å². The van der Waals surface area contributed by atoms with E-state index in [0.717, 1.165) is 4.57 Å². The highest BCUT2D eigenvalue weighted by Crippen LogP contribution is 2.24. The van der Waals surface area contributed by atoms with Crippen LogP contribution < -0.4 is 21.3 Å². The number of anilines is 2. The summed E-state index contributed by atoms with van der Waals surface area (Å²) in [4.78, 5) is 16.1. The first-order valence-corrected chi connectivity index (χ1v) is 6.79. The minimum absolute atomic E-state index is 0.00754. The number of hydrogen-bond donors (Lipinski definition) is 6. The van der Waals surface area contributed by atoms with Gasteiger partial charge in [0, 0.05) is 7.05 Å². The van der Waals surface area contributed by atoms with E-state index < -0.39 is 42.8 Å². The van der Waals surface area contributed by atoms with E-state index in [9.17, 15) is 20.1 Å². The smallest absolute Gasteiger partial charge is 0.300 e. The van der Waals surface area contributed by atoms with Crippen molar-refractivity contribution in [3.8, 4) is 6.01 Å². The molecule has 1 aromatic heterocycles. The molecule has 5 atom stereocenters. The van der Waals surface area contributed by atoms with Crippen molar-refractivity contribution in [2.24, 2.45) is 7.05 Å². The fourth-order valence-corrected chi connectivity index (χ4v) is 2.28. The molecule has 23 heavy (non-hydrogen) atoms. The fourth-order valence-electron chi connectivity index (χ4n) is 2.28. The molecule has 2 heterocycles. The predicted octanol–water partition coefficient (Wildman–Crippen LogP) is -3.42. The number of methoxy groups -OCH3 is 1. The second-order valence-corrected chi connectivity index (χ2v) is 5.12. The Hall–Kier alpha value is -1.92. The van der Waals surface area contributed by atoms with Gasteiger partial charge in [-0.05, 0) is 0 Å². The lowest BCUT2D eigenvalue weighted by atomic mass is 9.98. The van der Waals surface area contributed by atoms with E-state index >= 15 is 0 Å². The van der Waals surface area contributed by atoms with Crippen molar-refractivity contribution in [1.82, 2.24) is 9.55 Å². The summed E-state index contributed by atoms with van der Waals surface area (Å²) in [6.45, 7) is -0.586. The van der Waals surface area contributed by atoms with Crippen molar-refractivity contribution in [2.75, 3.05) is 24.8 Å². The molecule has 0 spiro atoms. The maximum atomic E-state index is 12.2. The first kappa shape index (κ1) is 17.4. The average molecular weight is 332 g/mol. The molecule has 0 aromatic carbocycles. The van der Waals surface area contributed by atoms with E-state index in [4.69, 9.17) is 20.3 Å². The van der Waals surface area contributed by atoms with Crippen molar-refractivity contribution >= 4 is 11.5 Å². The van der Waals surface area contributed by atoms with E-state index in [1.165, 1.54) is 14.2 Å². The Morgan fingerprint density at radius 2 is 2.00 bits per heavy atom. The van der Waals surface area contributed by atoms with Gasteiger partial charge in [-0.1, -0.05) is 0 Å². The average Bonchev–Trinajstić information content (AvgIpc) is 2.54. The third kappa shape index (κ3) is 3.09. The third-order valence-electron chi connectivity index (χ3n) is 3.64. The molecule has 1 saturated heterocycles. The molecule has 2 rings (SSSR count). The van der Waals surface area contributed by atoms with Gasteiger partial charge < -0.3 is 41.0 Å². The van der Waals surface area contributed by atoms with Gasteiger partial charge >= 0.3 is 6.01 Å². The summed E-state index contributed by atoms with van der Waals surface area (Å²) in [7, 11) is 2.73.